The molecular formula is C25H29FN4O3. The van der Waals surface area contributed by atoms with Gasteiger partial charge in [-0.15, -0.1) is 0 Å². The van der Waals surface area contributed by atoms with Crippen molar-refractivity contribution in [2.45, 2.75) is 32.2 Å². The Balaban J connectivity index is 1.42. The summed E-state index contributed by atoms with van der Waals surface area (Å²) in [7, 11) is 0. The molecule has 1 aliphatic heterocycles. The third-order valence-electron chi connectivity index (χ3n) is 5.93. The van der Waals surface area contributed by atoms with Gasteiger partial charge in [0.2, 0.25) is 11.8 Å². The van der Waals surface area contributed by atoms with E-state index in [9.17, 15) is 14.0 Å². The molecule has 4 rings (SSSR count). The van der Waals surface area contributed by atoms with Crippen molar-refractivity contribution < 1.29 is 18.7 Å². The molecule has 7 nitrogen and oxygen atoms in total. The van der Waals surface area contributed by atoms with Crippen LogP contribution in [0.1, 0.15) is 25.1 Å². The minimum atomic E-state index is -1.13. The van der Waals surface area contributed by atoms with Crippen LogP contribution in [0.25, 0.3) is 5.52 Å². The second-order valence-corrected chi connectivity index (χ2v) is 9.01. The van der Waals surface area contributed by atoms with E-state index in [0.717, 1.165) is 11.2 Å². The van der Waals surface area contributed by atoms with E-state index >= 15 is 0 Å². The van der Waals surface area contributed by atoms with Crippen molar-refractivity contribution in [1.29, 1.82) is 0 Å². The van der Waals surface area contributed by atoms with Gasteiger partial charge in [0.05, 0.1) is 30.8 Å². The van der Waals surface area contributed by atoms with Gasteiger partial charge in [0, 0.05) is 37.6 Å². The minimum Gasteiger partial charge on any atom is -0.379 e. The van der Waals surface area contributed by atoms with Crippen molar-refractivity contribution in [3.8, 4) is 0 Å². The summed E-state index contributed by atoms with van der Waals surface area (Å²) >= 11 is 0. The Kier molecular flexibility index (Phi) is 6.74. The van der Waals surface area contributed by atoms with E-state index in [2.05, 4.69) is 10.3 Å². The fourth-order valence-electron chi connectivity index (χ4n) is 4.31. The number of hydrogen-bond donors (Lipinski definition) is 1. The molecule has 2 amide bonds. The van der Waals surface area contributed by atoms with Crippen LogP contribution in [0.2, 0.25) is 0 Å². The van der Waals surface area contributed by atoms with Crippen LogP contribution in [0, 0.1) is 11.7 Å². The molecule has 3 aromatic rings. The molecule has 0 bridgehead atoms. The third kappa shape index (κ3) is 5.39. The van der Waals surface area contributed by atoms with Crippen LogP contribution in [0.5, 0.6) is 0 Å². The first-order chi connectivity index (χ1) is 15.8. The van der Waals surface area contributed by atoms with E-state index in [1.165, 1.54) is 6.07 Å². The molecule has 1 saturated heterocycles. The van der Waals surface area contributed by atoms with E-state index < -0.39 is 17.3 Å². The molecule has 1 unspecified atom stereocenters. The van der Waals surface area contributed by atoms with Gasteiger partial charge in [-0.05, 0) is 44.0 Å². The number of carbonyl (C=O) groups is 2. The lowest BCUT2D eigenvalue weighted by molar-refractivity contribution is -0.140. The second-order valence-electron chi connectivity index (χ2n) is 9.01. The van der Waals surface area contributed by atoms with E-state index in [1.807, 2.05) is 28.9 Å². The number of ether oxygens (including phenoxy) is 1. The first-order valence-electron chi connectivity index (χ1n) is 11.2. The SMILES string of the molecule is CC(C)(NC(=O)Cc1ccccc1F)C(=O)N1CCOCC(Cc2nccn3cccc23)C1. The zero-order valence-electron chi connectivity index (χ0n) is 19.0. The van der Waals surface area contributed by atoms with Crippen molar-refractivity contribution >= 4 is 17.3 Å². The van der Waals surface area contributed by atoms with Crippen LogP contribution in [0.15, 0.2) is 55.0 Å². The summed E-state index contributed by atoms with van der Waals surface area (Å²) in [6.45, 7) is 5.29. The highest BCUT2D eigenvalue weighted by atomic mass is 19.1. The van der Waals surface area contributed by atoms with Crippen LogP contribution in [0.3, 0.4) is 0 Å². The first-order valence-corrected chi connectivity index (χ1v) is 11.2. The molecule has 2 aromatic heterocycles. The molecule has 0 aliphatic carbocycles. The number of hydrogen-bond acceptors (Lipinski definition) is 4. The van der Waals surface area contributed by atoms with Crippen molar-refractivity contribution in [3.63, 3.8) is 0 Å². The van der Waals surface area contributed by atoms with Crippen molar-refractivity contribution in [2.75, 3.05) is 26.3 Å². The van der Waals surface area contributed by atoms with E-state index in [1.54, 1.807) is 43.1 Å². The molecular weight excluding hydrogens is 423 g/mol. The Morgan fingerprint density at radius 1 is 1.21 bits per heavy atom. The fraction of sp³-hybridized carbons (Fsp3) is 0.400. The monoisotopic (exact) mass is 452 g/mol. The number of nitrogens with zero attached hydrogens (tertiary/aromatic N) is 3. The van der Waals surface area contributed by atoms with Gasteiger partial charge < -0.3 is 19.4 Å². The lowest BCUT2D eigenvalue weighted by atomic mass is 9.99. The highest BCUT2D eigenvalue weighted by Gasteiger charge is 2.35. The first kappa shape index (κ1) is 22.9. The Hall–Kier alpha value is -3.26. The molecule has 1 atom stereocenters. The van der Waals surface area contributed by atoms with Gasteiger partial charge in [-0.3, -0.25) is 14.6 Å². The number of amides is 2. The smallest absolute Gasteiger partial charge is 0.247 e. The zero-order valence-corrected chi connectivity index (χ0v) is 19.0. The van der Waals surface area contributed by atoms with Crippen LogP contribution in [0.4, 0.5) is 4.39 Å². The van der Waals surface area contributed by atoms with Crippen LogP contribution in [-0.2, 0) is 27.2 Å². The average Bonchev–Trinajstić information content (AvgIpc) is 3.15. The molecule has 0 spiro atoms. The summed E-state index contributed by atoms with van der Waals surface area (Å²) in [6, 6.07) is 10.2. The number of benzene rings is 1. The molecule has 1 aromatic carbocycles. The number of rotatable bonds is 6. The maximum absolute atomic E-state index is 13.9. The van der Waals surface area contributed by atoms with E-state index in [-0.39, 0.29) is 18.2 Å². The van der Waals surface area contributed by atoms with Gasteiger partial charge in [0.25, 0.3) is 0 Å². The van der Waals surface area contributed by atoms with Gasteiger partial charge in [-0.1, -0.05) is 18.2 Å². The minimum absolute atomic E-state index is 0.0787. The third-order valence-corrected chi connectivity index (χ3v) is 5.93. The summed E-state index contributed by atoms with van der Waals surface area (Å²) in [5, 5.41) is 2.78. The quantitative estimate of drug-likeness (QED) is 0.624. The van der Waals surface area contributed by atoms with E-state index in [4.69, 9.17) is 4.74 Å². The second kappa shape index (κ2) is 9.70. The maximum atomic E-state index is 13.9. The van der Waals surface area contributed by atoms with Crippen molar-refractivity contribution in [1.82, 2.24) is 19.6 Å². The summed E-state index contributed by atoms with van der Waals surface area (Å²) in [4.78, 5) is 32.2. The molecule has 0 radical (unpaired) electrons. The number of aromatic nitrogens is 2. The van der Waals surface area contributed by atoms with Crippen molar-refractivity contribution in [2.24, 2.45) is 5.92 Å². The topological polar surface area (TPSA) is 75.9 Å². The molecule has 174 valence electrons. The Morgan fingerprint density at radius 2 is 2.03 bits per heavy atom. The standard InChI is InChI=1S/C25H29FN4O3/c1-25(2,28-23(31)15-19-6-3-4-7-20(19)26)24(32)30-12-13-33-17-18(16-30)14-21-22-8-5-10-29(22)11-9-27-21/h3-11,18H,12-17H2,1-2H3,(H,28,31). The largest absolute Gasteiger partial charge is 0.379 e. The highest BCUT2D eigenvalue weighted by Crippen LogP contribution is 2.19. The summed E-state index contributed by atoms with van der Waals surface area (Å²) < 4.78 is 21.7. The zero-order chi connectivity index (χ0) is 23.4. The maximum Gasteiger partial charge on any atom is 0.247 e. The predicted octanol–water partition coefficient (Wildman–Crippen LogP) is 2.63. The number of carbonyl (C=O) groups excluding carboxylic acids is 2. The van der Waals surface area contributed by atoms with Gasteiger partial charge in [-0.25, -0.2) is 4.39 Å². The van der Waals surface area contributed by atoms with Crippen LogP contribution < -0.4 is 5.32 Å². The van der Waals surface area contributed by atoms with Crippen LogP contribution >= 0.6 is 0 Å². The van der Waals surface area contributed by atoms with Gasteiger partial charge >= 0.3 is 0 Å². The Labute approximate surface area is 192 Å². The van der Waals surface area contributed by atoms with Gasteiger partial charge in [0.1, 0.15) is 11.4 Å². The van der Waals surface area contributed by atoms with Crippen LogP contribution in [-0.4, -0.2) is 57.9 Å². The molecule has 1 aliphatic rings. The van der Waals surface area contributed by atoms with Gasteiger partial charge in [0.15, 0.2) is 0 Å². The predicted molar refractivity (Wildman–Crippen MR) is 122 cm³/mol. The molecule has 33 heavy (non-hydrogen) atoms. The highest BCUT2D eigenvalue weighted by molar-refractivity contribution is 5.91. The Morgan fingerprint density at radius 3 is 2.85 bits per heavy atom. The fourth-order valence-corrected chi connectivity index (χ4v) is 4.31. The lowest BCUT2D eigenvalue weighted by Crippen LogP contribution is -2.57. The molecule has 1 N–H and O–H groups in total. The molecule has 3 heterocycles. The summed E-state index contributed by atoms with van der Waals surface area (Å²) in [5.41, 5.74) is 1.17. The number of halogens is 1. The summed E-state index contributed by atoms with van der Waals surface area (Å²) in [6.07, 6.45) is 6.22. The summed E-state index contributed by atoms with van der Waals surface area (Å²) in [5.74, 6) is -0.940. The van der Waals surface area contributed by atoms with Gasteiger partial charge in [-0.2, -0.15) is 0 Å². The molecule has 8 heteroatoms. The average molecular weight is 453 g/mol. The number of nitrogens with one attached hydrogen (secondary N) is 1. The Bertz CT molecular complexity index is 1140. The normalized spacial score (nSPS) is 17.1. The molecule has 1 fully saturated rings. The number of fused-ring (bicyclic) bond motifs is 1. The van der Waals surface area contributed by atoms with E-state index in [0.29, 0.717) is 38.3 Å². The molecule has 0 saturated carbocycles. The van der Waals surface area contributed by atoms with Crippen molar-refractivity contribution in [3.05, 3.63) is 72.1 Å². The lowest BCUT2D eigenvalue weighted by Gasteiger charge is -2.33.